The number of thioether (sulfide) groups is 2. The van der Waals surface area contributed by atoms with Gasteiger partial charge in [-0.2, -0.15) is 11.8 Å². The van der Waals surface area contributed by atoms with E-state index in [-0.39, 0.29) is 5.91 Å². The summed E-state index contributed by atoms with van der Waals surface area (Å²) in [5.74, 6) is 2.38. The maximum Gasteiger partial charge on any atom is 0.230 e. The Labute approximate surface area is 133 Å². The number of imidazole rings is 1. The first-order valence-electron chi connectivity index (χ1n) is 6.74. The molecule has 0 aliphatic rings. The zero-order chi connectivity index (χ0) is 14.9. The Balaban J connectivity index is 1.54. The predicted molar refractivity (Wildman–Crippen MR) is 89.5 cm³/mol. The third-order valence-electron chi connectivity index (χ3n) is 2.79. The molecule has 0 radical (unpaired) electrons. The van der Waals surface area contributed by atoms with Crippen molar-refractivity contribution in [3.63, 3.8) is 0 Å². The zero-order valence-corrected chi connectivity index (χ0v) is 13.6. The van der Waals surface area contributed by atoms with Gasteiger partial charge in [-0.3, -0.25) is 4.79 Å². The second-order valence-electron chi connectivity index (χ2n) is 4.50. The summed E-state index contributed by atoms with van der Waals surface area (Å²) in [7, 11) is 1.92. The molecule has 0 aliphatic heterocycles. The molecule has 2 aromatic rings. The van der Waals surface area contributed by atoms with E-state index in [0.29, 0.717) is 12.3 Å². The highest BCUT2D eigenvalue weighted by molar-refractivity contribution is 7.99. The number of rotatable bonds is 8. The Bertz CT molecular complexity index is 557. The van der Waals surface area contributed by atoms with Crippen LogP contribution in [0, 0.1) is 0 Å². The monoisotopic (exact) mass is 321 g/mol. The molecule has 112 valence electrons. The molecule has 0 saturated heterocycles. The van der Waals surface area contributed by atoms with Gasteiger partial charge in [0.15, 0.2) is 5.16 Å². The Hall–Kier alpha value is -1.40. The van der Waals surface area contributed by atoms with Crippen LogP contribution in [0.1, 0.15) is 5.56 Å². The van der Waals surface area contributed by atoms with Crippen LogP contribution in [-0.2, 0) is 17.6 Å². The number of amides is 1. The largest absolute Gasteiger partial charge is 0.355 e. The van der Waals surface area contributed by atoms with E-state index in [1.807, 2.05) is 47.8 Å². The van der Waals surface area contributed by atoms with E-state index >= 15 is 0 Å². The van der Waals surface area contributed by atoms with Gasteiger partial charge in [-0.25, -0.2) is 4.98 Å². The quantitative estimate of drug-likeness (QED) is 0.599. The van der Waals surface area contributed by atoms with Crippen molar-refractivity contribution in [2.24, 2.45) is 7.05 Å². The van der Waals surface area contributed by atoms with E-state index in [9.17, 15) is 4.79 Å². The molecule has 1 amide bonds. The van der Waals surface area contributed by atoms with E-state index in [2.05, 4.69) is 22.4 Å². The van der Waals surface area contributed by atoms with Gasteiger partial charge in [0.05, 0.1) is 5.75 Å². The van der Waals surface area contributed by atoms with Crippen LogP contribution in [0.5, 0.6) is 0 Å². The molecule has 1 heterocycles. The molecule has 0 fully saturated rings. The van der Waals surface area contributed by atoms with Crippen LogP contribution in [0.4, 0.5) is 0 Å². The van der Waals surface area contributed by atoms with Crippen LogP contribution < -0.4 is 5.32 Å². The molecule has 6 heteroatoms. The van der Waals surface area contributed by atoms with Gasteiger partial charge < -0.3 is 9.88 Å². The molecule has 0 bridgehead atoms. The molecule has 0 atom stereocenters. The van der Waals surface area contributed by atoms with Gasteiger partial charge in [-0.05, 0) is 5.56 Å². The maximum atomic E-state index is 11.7. The number of carbonyl (C=O) groups is 1. The summed E-state index contributed by atoms with van der Waals surface area (Å²) >= 11 is 3.28. The van der Waals surface area contributed by atoms with E-state index in [4.69, 9.17) is 0 Å². The minimum absolute atomic E-state index is 0.0586. The van der Waals surface area contributed by atoms with Crippen molar-refractivity contribution in [2.75, 3.05) is 18.1 Å². The number of aryl methyl sites for hydroxylation is 1. The fourth-order valence-electron chi connectivity index (χ4n) is 1.70. The van der Waals surface area contributed by atoms with Crippen molar-refractivity contribution in [1.29, 1.82) is 0 Å². The van der Waals surface area contributed by atoms with Gasteiger partial charge in [0, 0.05) is 37.5 Å². The fraction of sp³-hybridized carbons (Fsp3) is 0.333. The van der Waals surface area contributed by atoms with Crippen LogP contribution in [0.3, 0.4) is 0 Å². The number of nitrogens with zero attached hydrogens (tertiary/aromatic N) is 2. The number of nitrogens with one attached hydrogen (secondary N) is 1. The SMILES string of the molecule is Cn1ccnc1SCC(=O)NCCSCc1ccccc1. The van der Waals surface area contributed by atoms with Crippen LogP contribution in [0.15, 0.2) is 47.9 Å². The van der Waals surface area contributed by atoms with Crippen molar-refractivity contribution in [3.05, 3.63) is 48.3 Å². The van der Waals surface area contributed by atoms with E-state index in [1.165, 1.54) is 17.3 Å². The third kappa shape index (κ3) is 5.85. The minimum atomic E-state index is 0.0586. The third-order valence-corrected chi connectivity index (χ3v) is 4.88. The first kappa shape index (κ1) is 16.0. The standard InChI is InChI=1S/C15H19N3OS2/c1-18-9-7-17-15(18)21-12-14(19)16-8-10-20-11-13-5-3-2-4-6-13/h2-7,9H,8,10-12H2,1H3,(H,16,19). The number of carbonyl (C=O) groups excluding carboxylic acids is 1. The molecule has 21 heavy (non-hydrogen) atoms. The van der Waals surface area contributed by atoms with Gasteiger partial charge in [0.2, 0.25) is 5.91 Å². The van der Waals surface area contributed by atoms with Gasteiger partial charge in [0.25, 0.3) is 0 Å². The molecule has 1 N–H and O–H groups in total. The topological polar surface area (TPSA) is 46.9 Å². The first-order chi connectivity index (χ1) is 10.3. The molecule has 0 unspecified atom stereocenters. The van der Waals surface area contributed by atoms with Gasteiger partial charge in [-0.1, -0.05) is 42.1 Å². The summed E-state index contributed by atoms with van der Waals surface area (Å²) in [6.45, 7) is 0.706. The van der Waals surface area contributed by atoms with Gasteiger partial charge >= 0.3 is 0 Å². The lowest BCUT2D eigenvalue weighted by Gasteiger charge is -2.05. The molecule has 0 spiro atoms. The number of benzene rings is 1. The summed E-state index contributed by atoms with van der Waals surface area (Å²) < 4.78 is 1.91. The van der Waals surface area contributed by atoms with Crippen molar-refractivity contribution in [1.82, 2.24) is 14.9 Å². The van der Waals surface area contributed by atoms with Crippen molar-refractivity contribution >= 4 is 29.4 Å². The Kier molecular flexibility index (Phi) is 6.69. The number of hydrogen-bond donors (Lipinski definition) is 1. The Morgan fingerprint density at radius 3 is 2.86 bits per heavy atom. The molecular formula is C15H19N3OS2. The minimum Gasteiger partial charge on any atom is -0.355 e. The second-order valence-corrected chi connectivity index (χ2v) is 6.55. The number of hydrogen-bond acceptors (Lipinski definition) is 4. The van der Waals surface area contributed by atoms with Crippen LogP contribution in [0.2, 0.25) is 0 Å². The van der Waals surface area contributed by atoms with Crippen LogP contribution in [0.25, 0.3) is 0 Å². The van der Waals surface area contributed by atoms with E-state index in [0.717, 1.165) is 16.7 Å². The average Bonchev–Trinajstić information content (AvgIpc) is 2.91. The van der Waals surface area contributed by atoms with Gasteiger partial charge in [-0.15, -0.1) is 0 Å². The Morgan fingerprint density at radius 2 is 2.14 bits per heavy atom. The van der Waals surface area contributed by atoms with E-state index in [1.54, 1.807) is 6.20 Å². The highest BCUT2D eigenvalue weighted by atomic mass is 32.2. The summed E-state index contributed by atoms with van der Waals surface area (Å²) in [6.07, 6.45) is 3.61. The lowest BCUT2D eigenvalue weighted by atomic mass is 10.2. The maximum absolute atomic E-state index is 11.7. The smallest absolute Gasteiger partial charge is 0.230 e. The summed E-state index contributed by atoms with van der Waals surface area (Å²) in [5.41, 5.74) is 1.32. The van der Waals surface area contributed by atoms with Crippen LogP contribution >= 0.6 is 23.5 Å². The molecule has 2 rings (SSSR count). The first-order valence-corrected chi connectivity index (χ1v) is 8.88. The predicted octanol–water partition coefficient (Wildman–Crippen LogP) is 2.56. The van der Waals surface area contributed by atoms with E-state index < -0.39 is 0 Å². The summed E-state index contributed by atoms with van der Waals surface area (Å²) in [6, 6.07) is 10.4. The number of aromatic nitrogens is 2. The Morgan fingerprint density at radius 1 is 1.33 bits per heavy atom. The molecule has 1 aromatic heterocycles. The average molecular weight is 321 g/mol. The zero-order valence-electron chi connectivity index (χ0n) is 12.0. The fourth-order valence-corrected chi connectivity index (χ4v) is 3.28. The summed E-state index contributed by atoms with van der Waals surface area (Å²) in [5, 5.41) is 3.80. The molecule has 4 nitrogen and oxygen atoms in total. The molecule has 1 aromatic carbocycles. The van der Waals surface area contributed by atoms with Crippen molar-refractivity contribution < 1.29 is 4.79 Å². The van der Waals surface area contributed by atoms with Crippen LogP contribution in [-0.4, -0.2) is 33.5 Å². The molecule has 0 aliphatic carbocycles. The lowest BCUT2D eigenvalue weighted by molar-refractivity contribution is -0.118. The molecule has 0 saturated carbocycles. The highest BCUT2D eigenvalue weighted by Gasteiger charge is 2.05. The van der Waals surface area contributed by atoms with Crippen molar-refractivity contribution in [2.45, 2.75) is 10.9 Å². The second kappa shape index (κ2) is 8.79. The van der Waals surface area contributed by atoms with Crippen molar-refractivity contribution in [3.8, 4) is 0 Å². The lowest BCUT2D eigenvalue weighted by Crippen LogP contribution is -2.27. The molecular weight excluding hydrogens is 302 g/mol. The highest BCUT2D eigenvalue weighted by Crippen LogP contribution is 2.14. The summed E-state index contributed by atoms with van der Waals surface area (Å²) in [4.78, 5) is 15.9. The normalized spacial score (nSPS) is 10.5. The van der Waals surface area contributed by atoms with Gasteiger partial charge in [0.1, 0.15) is 0 Å².